The van der Waals surface area contributed by atoms with Gasteiger partial charge < -0.3 is 0 Å². The Balaban J connectivity index is 1.57. The Bertz CT molecular complexity index is 960. The minimum atomic E-state index is -0.145. The van der Waals surface area contributed by atoms with Crippen LogP contribution in [0.1, 0.15) is 48.8 Å². The summed E-state index contributed by atoms with van der Waals surface area (Å²) in [6, 6.07) is 21.1. The van der Waals surface area contributed by atoms with Gasteiger partial charge in [0.25, 0.3) is 0 Å². The SMILES string of the molecule is CC(C)c1ccc(C2CC(=O)N3CN(Cc4ccccc4)CSC3=C2C#N)cc1. The number of carbonyl (C=O) groups is 1. The second-order valence-electron chi connectivity index (χ2n) is 7.96. The predicted octanol–water partition coefficient (Wildman–Crippen LogP) is 5.03. The Morgan fingerprint density at radius 2 is 1.86 bits per heavy atom. The van der Waals surface area contributed by atoms with Crippen LogP contribution in [0.4, 0.5) is 0 Å². The molecule has 0 aliphatic carbocycles. The summed E-state index contributed by atoms with van der Waals surface area (Å²) in [5.74, 6) is 1.19. The van der Waals surface area contributed by atoms with Gasteiger partial charge in [0.05, 0.1) is 29.2 Å². The molecule has 0 bridgehead atoms. The van der Waals surface area contributed by atoms with E-state index in [9.17, 15) is 10.1 Å². The van der Waals surface area contributed by atoms with Crippen LogP contribution in [0.15, 0.2) is 65.2 Å². The Hall–Kier alpha value is -2.55. The predicted molar refractivity (Wildman–Crippen MR) is 117 cm³/mol. The van der Waals surface area contributed by atoms with Gasteiger partial charge in [0.1, 0.15) is 0 Å². The standard InChI is InChI=1S/C24H25N3OS/c1-17(2)19-8-10-20(11-9-19)21-12-23(28)27-15-26(14-18-6-4-3-5-7-18)16-29-24(27)22(21)13-25/h3-11,17,21H,12,14-16H2,1-2H3. The summed E-state index contributed by atoms with van der Waals surface area (Å²) in [6.07, 6.45) is 0.354. The van der Waals surface area contributed by atoms with Crippen LogP contribution in [0.25, 0.3) is 0 Å². The molecule has 4 nitrogen and oxygen atoms in total. The molecule has 2 aromatic carbocycles. The second-order valence-corrected chi connectivity index (χ2v) is 8.89. The number of nitrogens with zero attached hydrogens (tertiary/aromatic N) is 3. The second kappa shape index (κ2) is 8.44. The van der Waals surface area contributed by atoms with Crippen molar-refractivity contribution in [3.05, 3.63) is 81.9 Å². The molecule has 2 aromatic rings. The van der Waals surface area contributed by atoms with Crippen molar-refractivity contribution in [1.82, 2.24) is 9.80 Å². The Morgan fingerprint density at radius 3 is 2.52 bits per heavy atom. The number of fused-ring (bicyclic) bond motifs is 1. The van der Waals surface area contributed by atoms with Crippen molar-refractivity contribution in [3.63, 3.8) is 0 Å². The first-order valence-electron chi connectivity index (χ1n) is 10.0. The fraction of sp³-hybridized carbons (Fsp3) is 0.333. The van der Waals surface area contributed by atoms with Crippen molar-refractivity contribution in [3.8, 4) is 6.07 Å². The zero-order valence-corrected chi connectivity index (χ0v) is 17.7. The van der Waals surface area contributed by atoms with Gasteiger partial charge in [-0.3, -0.25) is 14.6 Å². The van der Waals surface area contributed by atoms with E-state index >= 15 is 0 Å². The van der Waals surface area contributed by atoms with Gasteiger partial charge in [0.15, 0.2) is 0 Å². The van der Waals surface area contributed by atoms with Crippen LogP contribution in [0, 0.1) is 11.3 Å². The fourth-order valence-corrected chi connectivity index (χ4v) is 5.08. The van der Waals surface area contributed by atoms with E-state index in [0.717, 1.165) is 28.6 Å². The maximum atomic E-state index is 13.0. The first kappa shape index (κ1) is 19.8. The number of carbonyl (C=O) groups excluding carboxylic acids is 1. The van der Waals surface area contributed by atoms with Gasteiger partial charge in [-0.2, -0.15) is 5.26 Å². The smallest absolute Gasteiger partial charge is 0.229 e. The molecule has 5 heteroatoms. The Labute approximate surface area is 176 Å². The zero-order valence-electron chi connectivity index (χ0n) is 16.8. The van der Waals surface area contributed by atoms with Gasteiger partial charge in [-0.15, -0.1) is 0 Å². The lowest BCUT2D eigenvalue weighted by Gasteiger charge is -2.41. The highest BCUT2D eigenvalue weighted by Gasteiger charge is 2.38. The van der Waals surface area contributed by atoms with Crippen LogP contribution in [-0.2, 0) is 11.3 Å². The van der Waals surface area contributed by atoms with Crippen LogP contribution in [0.5, 0.6) is 0 Å². The molecule has 0 N–H and O–H groups in total. The summed E-state index contributed by atoms with van der Waals surface area (Å²) in [7, 11) is 0. The van der Waals surface area contributed by atoms with Gasteiger partial charge in [0, 0.05) is 18.9 Å². The lowest BCUT2D eigenvalue weighted by Crippen LogP contribution is -2.46. The molecule has 29 heavy (non-hydrogen) atoms. The molecular weight excluding hydrogens is 378 g/mol. The van der Waals surface area contributed by atoms with Crippen molar-refractivity contribution in [2.24, 2.45) is 0 Å². The van der Waals surface area contributed by atoms with Gasteiger partial charge in [-0.05, 0) is 22.6 Å². The van der Waals surface area contributed by atoms with Gasteiger partial charge in [-0.1, -0.05) is 80.2 Å². The summed E-state index contributed by atoms with van der Waals surface area (Å²) in [4.78, 5) is 17.0. The molecule has 0 aromatic heterocycles. The van der Waals surface area contributed by atoms with Crippen LogP contribution >= 0.6 is 11.8 Å². The lowest BCUT2D eigenvalue weighted by atomic mass is 9.85. The Kier molecular flexibility index (Phi) is 5.75. The topological polar surface area (TPSA) is 47.3 Å². The molecule has 1 saturated heterocycles. The van der Waals surface area contributed by atoms with Crippen molar-refractivity contribution in [2.45, 2.75) is 38.6 Å². The van der Waals surface area contributed by atoms with E-state index in [-0.39, 0.29) is 11.8 Å². The summed E-state index contributed by atoms with van der Waals surface area (Å²) >= 11 is 1.61. The van der Waals surface area contributed by atoms with Crippen molar-refractivity contribution >= 4 is 17.7 Å². The number of hydrogen-bond donors (Lipinski definition) is 0. The summed E-state index contributed by atoms with van der Waals surface area (Å²) in [5, 5.41) is 10.8. The molecule has 2 aliphatic rings. The largest absolute Gasteiger partial charge is 0.292 e. The molecule has 1 fully saturated rings. The maximum absolute atomic E-state index is 13.0. The molecule has 0 radical (unpaired) electrons. The third kappa shape index (κ3) is 4.10. The minimum Gasteiger partial charge on any atom is -0.292 e. The average molecular weight is 404 g/mol. The molecule has 4 rings (SSSR count). The highest BCUT2D eigenvalue weighted by atomic mass is 32.2. The van der Waals surface area contributed by atoms with E-state index in [4.69, 9.17) is 0 Å². The molecular formula is C24H25N3OS. The average Bonchev–Trinajstić information content (AvgIpc) is 2.75. The third-order valence-corrected chi connectivity index (χ3v) is 6.81. The van der Waals surface area contributed by atoms with Gasteiger partial charge >= 0.3 is 0 Å². The molecule has 148 valence electrons. The van der Waals surface area contributed by atoms with Gasteiger partial charge in [-0.25, -0.2) is 0 Å². The normalized spacial score (nSPS) is 20.0. The van der Waals surface area contributed by atoms with Gasteiger partial charge in [0.2, 0.25) is 5.91 Å². The van der Waals surface area contributed by atoms with Crippen LogP contribution in [-0.4, -0.2) is 28.3 Å². The molecule has 1 atom stereocenters. The van der Waals surface area contributed by atoms with E-state index in [1.54, 1.807) is 16.7 Å². The highest BCUT2D eigenvalue weighted by molar-refractivity contribution is 8.03. The fourth-order valence-electron chi connectivity index (χ4n) is 3.95. The van der Waals surface area contributed by atoms with E-state index in [1.807, 2.05) is 18.2 Å². The zero-order chi connectivity index (χ0) is 20.4. The first-order chi connectivity index (χ1) is 14.1. The number of amides is 1. The minimum absolute atomic E-state index is 0.0993. The molecule has 0 spiro atoms. The first-order valence-corrected chi connectivity index (χ1v) is 11.0. The van der Waals surface area contributed by atoms with Crippen molar-refractivity contribution in [2.75, 3.05) is 12.5 Å². The van der Waals surface area contributed by atoms with E-state index in [2.05, 4.69) is 61.2 Å². The highest BCUT2D eigenvalue weighted by Crippen LogP contribution is 2.42. The summed E-state index contributed by atoms with van der Waals surface area (Å²) < 4.78 is 0. The van der Waals surface area contributed by atoms with Crippen molar-refractivity contribution < 1.29 is 4.79 Å². The number of allylic oxidation sites excluding steroid dienone is 1. The van der Waals surface area contributed by atoms with E-state index < -0.39 is 0 Å². The molecule has 0 saturated carbocycles. The molecule has 2 aliphatic heterocycles. The quantitative estimate of drug-likeness (QED) is 0.719. The number of hydrogen-bond acceptors (Lipinski definition) is 4. The van der Waals surface area contributed by atoms with Crippen LogP contribution in [0.3, 0.4) is 0 Å². The lowest BCUT2D eigenvalue weighted by molar-refractivity contribution is -0.131. The molecule has 1 amide bonds. The Morgan fingerprint density at radius 1 is 1.14 bits per heavy atom. The summed E-state index contributed by atoms with van der Waals surface area (Å²) in [6.45, 7) is 5.67. The third-order valence-electron chi connectivity index (χ3n) is 5.60. The molecule has 1 unspecified atom stereocenters. The van der Waals surface area contributed by atoms with Crippen LogP contribution < -0.4 is 0 Å². The monoisotopic (exact) mass is 403 g/mol. The van der Waals surface area contributed by atoms with E-state index in [0.29, 0.717) is 19.0 Å². The number of benzene rings is 2. The number of thioether (sulfide) groups is 1. The number of rotatable bonds is 4. The van der Waals surface area contributed by atoms with Crippen molar-refractivity contribution in [1.29, 1.82) is 5.26 Å². The summed E-state index contributed by atoms with van der Waals surface area (Å²) in [5.41, 5.74) is 4.28. The van der Waals surface area contributed by atoms with Crippen LogP contribution in [0.2, 0.25) is 0 Å². The molecule has 2 heterocycles. The van der Waals surface area contributed by atoms with E-state index in [1.165, 1.54) is 11.1 Å². The maximum Gasteiger partial charge on any atom is 0.229 e. The number of nitriles is 1.